The molecule has 110 valence electrons. The van der Waals surface area contributed by atoms with Crippen LogP contribution in [0, 0.1) is 0 Å². The number of hydrogen-bond acceptors (Lipinski definition) is 4. The van der Waals surface area contributed by atoms with Crippen LogP contribution in [0.1, 0.15) is 54.2 Å². The van der Waals surface area contributed by atoms with Gasteiger partial charge in [-0.15, -0.1) is 0 Å². The van der Waals surface area contributed by atoms with Crippen molar-refractivity contribution in [2.24, 2.45) is 0 Å². The minimum Gasteiger partial charge on any atom is -0.399 e. The first-order valence-electron chi connectivity index (χ1n) is 7.06. The van der Waals surface area contributed by atoms with Crippen molar-refractivity contribution in [2.45, 2.75) is 65.1 Å². The van der Waals surface area contributed by atoms with Crippen molar-refractivity contribution in [2.75, 3.05) is 5.73 Å². The first kappa shape index (κ1) is 15.3. The van der Waals surface area contributed by atoms with Gasteiger partial charge in [0.15, 0.2) is 0 Å². The molecule has 0 radical (unpaired) electrons. The number of nitrogen functional groups attached to an aromatic ring is 1. The maximum Gasteiger partial charge on any atom is 0.498 e. The summed E-state index contributed by atoms with van der Waals surface area (Å²) in [6.45, 7) is 14.5. The van der Waals surface area contributed by atoms with Gasteiger partial charge in [-0.1, -0.05) is 26.8 Å². The first-order chi connectivity index (χ1) is 8.94. The Labute approximate surface area is 122 Å². The molecule has 5 heteroatoms. The summed E-state index contributed by atoms with van der Waals surface area (Å²) in [5, 5.41) is 0. The van der Waals surface area contributed by atoms with Crippen molar-refractivity contribution in [3.63, 3.8) is 0 Å². The number of anilines is 1. The average Bonchev–Trinajstić information content (AvgIpc) is 2.46. The Morgan fingerprint density at radius 2 is 1.55 bits per heavy atom. The summed E-state index contributed by atoms with van der Waals surface area (Å²) in [6, 6.07) is 3.96. The van der Waals surface area contributed by atoms with Gasteiger partial charge < -0.3 is 15.0 Å². The van der Waals surface area contributed by atoms with E-state index in [4.69, 9.17) is 15.0 Å². The number of aromatic nitrogens is 1. The molecule has 0 aromatic carbocycles. The van der Waals surface area contributed by atoms with Gasteiger partial charge in [-0.3, -0.25) is 0 Å². The highest BCUT2D eigenvalue weighted by Crippen LogP contribution is 2.36. The van der Waals surface area contributed by atoms with E-state index in [-0.39, 0.29) is 16.6 Å². The SMILES string of the molecule is CC(C)(C)c1ccc(B2OC(C)(C)C(C)(C)O2)c(N)n1. The molecule has 20 heavy (non-hydrogen) atoms. The number of nitrogens with zero attached hydrogens (tertiary/aromatic N) is 1. The fourth-order valence-electron chi connectivity index (χ4n) is 2.07. The molecule has 1 fully saturated rings. The quantitative estimate of drug-likeness (QED) is 0.799. The Kier molecular flexibility index (Phi) is 3.42. The minimum atomic E-state index is -0.457. The summed E-state index contributed by atoms with van der Waals surface area (Å²) in [5.74, 6) is 0.482. The molecule has 1 saturated heterocycles. The van der Waals surface area contributed by atoms with Crippen molar-refractivity contribution in [3.05, 3.63) is 17.8 Å². The lowest BCUT2D eigenvalue weighted by atomic mass is 9.78. The third-order valence-electron chi connectivity index (χ3n) is 4.23. The topological polar surface area (TPSA) is 57.4 Å². The number of rotatable bonds is 1. The fourth-order valence-corrected chi connectivity index (χ4v) is 2.07. The lowest BCUT2D eigenvalue weighted by Gasteiger charge is -2.32. The molecule has 4 nitrogen and oxygen atoms in total. The molecule has 0 amide bonds. The lowest BCUT2D eigenvalue weighted by molar-refractivity contribution is 0.00578. The molecule has 0 atom stereocenters. The zero-order valence-corrected chi connectivity index (χ0v) is 13.6. The molecular formula is C15H25BN2O2. The Morgan fingerprint density at radius 3 is 1.95 bits per heavy atom. The predicted octanol–water partition coefficient (Wildman–Crippen LogP) is 2.26. The van der Waals surface area contributed by atoms with Crippen molar-refractivity contribution < 1.29 is 9.31 Å². The van der Waals surface area contributed by atoms with Gasteiger partial charge in [0.05, 0.1) is 11.2 Å². The molecule has 1 aromatic rings. The number of nitrogens with two attached hydrogens (primary N) is 1. The summed E-state index contributed by atoms with van der Waals surface area (Å²) < 4.78 is 12.0. The highest BCUT2D eigenvalue weighted by Gasteiger charge is 2.52. The molecule has 2 rings (SSSR count). The van der Waals surface area contributed by atoms with Crippen molar-refractivity contribution >= 4 is 18.4 Å². The van der Waals surface area contributed by atoms with Crippen LogP contribution in [-0.2, 0) is 14.7 Å². The second kappa shape index (κ2) is 4.47. The van der Waals surface area contributed by atoms with Crippen LogP contribution >= 0.6 is 0 Å². The molecular weight excluding hydrogens is 251 g/mol. The molecule has 0 bridgehead atoms. The zero-order chi connectivity index (χ0) is 15.3. The van der Waals surface area contributed by atoms with Crippen LogP contribution in [0.3, 0.4) is 0 Å². The monoisotopic (exact) mass is 276 g/mol. The standard InChI is InChI=1S/C15H25BN2O2/c1-13(2,3)11-9-8-10(12(17)18-11)16-19-14(4,5)15(6,7)20-16/h8-9H,1-7H3,(H2,17,18). The Balaban J connectivity index is 2.33. The average molecular weight is 276 g/mol. The highest BCUT2D eigenvalue weighted by atomic mass is 16.7. The van der Waals surface area contributed by atoms with E-state index in [1.807, 2.05) is 39.8 Å². The van der Waals surface area contributed by atoms with Crippen LogP contribution in [0.2, 0.25) is 0 Å². The maximum atomic E-state index is 6.10. The largest absolute Gasteiger partial charge is 0.498 e. The van der Waals surface area contributed by atoms with Gasteiger partial charge in [-0.2, -0.15) is 0 Å². The maximum absolute atomic E-state index is 6.10. The van der Waals surface area contributed by atoms with E-state index in [1.54, 1.807) is 0 Å². The molecule has 0 saturated carbocycles. The van der Waals surface area contributed by atoms with Gasteiger partial charge in [0.1, 0.15) is 5.82 Å². The van der Waals surface area contributed by atoms with Crippen LogP contribution in [0.15, 0.2) is 12.1 Å². The Morgan fingerprint density at radius 1 is 1.05 bits per heavy atom. The van der Waals surface area contributed by atoms with Gasteiger partial charge in [0.25, 0.3) is 0 Å². The van der Waals surface area contributed by atoms with Crippen LogP contribution in [0.25, 0.3) is 0 Å². The Hall–Kier alpha value is -1.07. The lowest BCUT2D eigenvalue weighted by Crippen LogP contribution is -2.41. The van der Waals surface area contributed by atoms with E-state index in [2.05, 4.69) is 25.8 Å². The summed E-state index contributed by atoms with van der Waals surface area (Å²) in [7, 11) is -0.457. The van der Waals surface area contributed by atoms with Crippen LogP contribution < -0.4 is 11.2 Å². The molecule has 0 unspecified atom stereocenters. The van der Waals surface area contributed by atoms with E-state index in [0.29, 0.717) is 5.82 Å². The summed E-state index contributed by atoms with van der Waals surface area (Å²) in [6.07, 6.45) is 0. The molecule has 0 aliphatic carbocycles. The van der Waals surface area contributed by atoms with E-state index in [0.717, 1.165) is 11.2 Å². The molecule has 1 aliphatic rings. The summed E-state index contributed by atoms with van der Waals surface area (Å²) in [4.78, 5) is 4.50. The molecule has 1 aromatic heterocycles. The third-order valence-corrected chi connectivity index (χ3v) is 4.23. The normalized spacial score (nSPS) is 21.2. The second-order valence-corrected chi connectivity index (χ2v) is 7.51. The van der Waals surface area contributed by atoms with Crippen LogP contribution in [0.5, 0.6) is 0 Å². The molecule has 0 spiro atoms. The van der Waals surface area contributed by atoms with E-state index < -0.39 is 7.12 Å². The van der Waals surface area contributed by atoms with Gasteiger partial charge >= 0.3 is 7.12 Å². The summed E-state index contributed by atoms with van der Waals surface area (Å²) >= 11 is 0. The summed E-state index contributed by atoms with van der Waals surface area (Å²) in [5.41, 5.74) is 7.11. The van der Waals surface area contributed by atoms with E-state index in [9.17, 15) is 0 Å². The minimum absolute atomic E-state index is 0.0252. The molecule has 2 N–H and O–H groups in total. The van der Waals surface area contributed by atoms with E-state index >= 15 is 0 Å². The van der Waals surface area contributed by atoms with Gasteiger partial charge in [-0.05, 0) is 33.8 Å². The smallest absolute Gasteiger partial charge is 0.399 e. The van der Waals surface area contributed by atoms with Crippen LogP contribution in [0.4, 0.5) is 5.82 Å². The van der Waals surface area contributed by atoms with Gasteiger partial charge in [-0.25, -0.2) is 4.98 Å². The van der Waals surface area contributed by atoms with Gasteiger partial charge in [0.2, 0.25) is 0 Å². The van der Waals surface area contributed by atoms with Gasteiger partial charge in [0, 0.05) is 16.6 Å². The second-order valence-electron chi connectivity index (χ2n) is 7.51. The predicted molar refractivity (Wildman–Crippen MR) is 83.1 cm³/mol. The van der Waals surface area contributed by atoms with Crippen molar-refractivity contribution in [1.29, 1.82) is 0 Å². The number of hydrogen-bond donors (Lipinski definition) is 1. The third kappa shape index (κ3) is 2.57. The zero-order valence-electron chi connectivity index (χ0n) is 13.6. The van der Waals surface area contributed by atoms with Crippen molar-refractivity contribution in [3.8, 4) is 0 Å². The van der Waals surface area contributed by atoms with Crippen molar-refractivity contribution in [1.82, 2.24) is 4.98 Å². The fraction of sp³-hybridized carbons (Fsp3) is 0.667. The number of pyridine rings is 1. The van der Waals surface area contributed by atoms with E-state index in [1.165, 1.54) is 0 Å². The molecule has 2 heterocycles. The Bertz CT molecular complexity index is 505. The van der Waals surface area contributed by atoms with Crippen LogP contribution in [-0.4, -0.2) is 23.3 Å². The first-order valence-corrected chi connectivity index (χ1v) is 7.06. The highest BCUT2D eigenvalue weighted by molar-refractivity contribution is 6.63. The molecule has 1 aliphatic heterocycles.